The summed E-state index contributed by atoms with van der Waals surface area (Å²) >= 11 is 5.85. The second-order valence-electron chi connectivity index (χ2n) is 5.54. The minimum absolute atomic E-state index is 0.584. The number of aromatic nitrogens is 4. The Kier molecular flexibility index (Phi) is 5.24. The van der Waals surface area contributed by atoms with E-state index >= 15 is 0 Å². The summed E-state index contributed by atoms with van der Waals surface area (Å²) in [6.45, 7) is 3.92. The molecule has 2 aromatic rings. The van der Waals surface area contributed by atoms with Crippen molar-refractivity contribution in [3.63, 3.8) is 0 Å². The van der Waals surface area contributed by atoms with E-state index in [0.29, 0.717) is 11.1 Å². The highest BCUT2D eigenvalue weighted by molar-refractivity contribution is 6.30. The summed E-state index contributed by atoms with van der Waals surface area (Å²) in [6, 6.07) is 2.44. The zero-order valence-electron chi connectivity index (χ0n) is 12.5. The first-order chi connectivity index (χ1) is 10.8. The van der Waals surface area contributed by atoms with E-state index in [1.54, 1.807) is 18.6 Å². The van der Waals surface area contributed by atoms with Gasteiger partial charge in [-0.25, -0.2) is 9.97 Å². The fraction of sp³-hybridized carbons (Fsp3) is 0.533. The number of rotatable bonds is 6. The first kappa shape index (κ1) is 15.2. The van der Waals surface area contributed by atoms with E-state index in [0.717, 1.165) is 51.4 Å². The van der Waals surface area contributed by atoms with Gasteiger partial charge in [0.15, 0.2) is 0 Å². The van der Waals surface area contributed by atoms with Crippen molar-refractivity contribution in [1.29, 1.82) is 0 Å². The predicted molar refractivity (Wildman–Crippen MR) is 87.1 cm³/mol. The Morgan fingerprint density at radius 2 is 2.00 bits per heavy atom. The molecule has 1 N–H and O–H groups in total. The monoisotopic (exact) mass is 320 g/mol. The average molecular weight is 321 g/mol. The largest absolute Gasteiger partial charge is 0.341 e. The SMILES string of the molecule is Clc1cnn(CCCNC2CCN(c3ncccn3)CC2)c1. The van der Waals surface area contributed by atoms with Crippen LogP contribution in [0.15, 0.2) is 30.9 Å². The summed E-state index contributed by atoms with van der Waals surface area (Å²) in [5.74, 6) is 0.844. The Bertz CT molecular complexity index is 564. The third-order valence-corrected chi connectivity index (χ3v) is 4.12. The molecule has 0 spiro atoms. The molecule has 0 aromatic carbocycles. The van der Waals surface area contributed by atoms with Crippen LogP contribution in [0.2, 0.25) is 5.02 Å². The summed E-state index contributed by atoms with van der Waals surface area (Å²) in [5.41, 5.74) is 0. The van der Waals surface area contributed by atoms with Gasteiger partial charge in [-0.2, -0.15) is 5.10 Å². The second kappa shape index (κ2) is 7.56. The Labute approximate surface area is 135 Å². The van der Waals surface area contributed by atoms with Gasteiger partial charge >= 0.3 is 0 Å². The summed E-state index contributed by atoms with van der Waals surface area (Å²) in [4.78, 5) is 10.9. The third kappa shape index (κ3) is 4.18. The molecule has 118 valence electrons. The van der Waals surface area contributed by atoms with Crippen LogP contribution in [0, 0.1) is 0 Å². The Hall–Kier alpha value is -1.66. The molecule has 0 radical (unpaired) electrons. The van der Waals surface area contributed by atoms with Crippen molar-refractivity contribution in [1.82, 2.24) is 25.1 Å². The molecule has 0 bridgehead atoms. The van der Waals surface area contributed by atoms with E-state index in [4.69, 9.17) is 11.6 Å². The molecule has 2 aromatic heterocycles. The minimum Gasteiger partial charge on any atom is -0.341 e. The lowest BCUT2D eigenvalue weighted by Crippen LogP contribution is -2.43. The molecule has 0 saturated carbocycles. The van der Waals surface area contributed by atoms with E-state index in [-0.39, 0.29) is 0 Å². The maximum Gasteiger partial charge on any atom is 0.225 e. The van der Waals surface area contributed by atoms with Gasteiger partial charge in [-0.15, -0.1) is 0 Å². The molecular weight excluding hydrogens is 300 g/mol. The molecule has 0 amide bonds. The number of nitrogens with zero attached hydrogens (tertiary/aromatic N) is 5. The van der Waals surface area contributed by atoms with Crippen molar-refractivity contribution >= 4 is 17.5 Å². The van der Waals surface area contributed by atoms with Crippen molar-refractivity contribution in [3.8, 4) is 0 Å². The molecule has 3 rings (SSSR count). The standard InChI is InChI=1S/C15H21ClN6/c16-13-11-20-22(12-13)8-2-7-17-14-3-9-21(10-4-14)15-18-5-1-6-19-15/h1,5-6,11-12,14,17H,2-4,7-10H2. The molecule has 1 saturated heterocycles. The fourth-order valence-corrected chi connectivity index (χ4v) is 2.90. The summed E-state index contributed by atoms with van der Waals surface area (Å²) in [6.07, 6.45) is 10.5. The number of aryl methyl sites for hydroxylation is 1. The molecule has 0 aliphatic carbocycles. The number of piperidine rings is 1. The van der Waals surface area contributed by atoms with Gasteiger partial charge in [0, 0.05) is 44.3 Å². The highest BCUT2D eigenvalue weighted by Gasteiger charge is 2.19. The van der Waals surface area contributed by atoms with Gasteiger partial charge in [0.1, 0.15) is 0 Å². The number of halogens is 1. The minimum atomic E-state index is 0.584. The van der Waals surface area contributed by atoms with Crippen LogP contribution in [0.25, 0.3) is 0 Å². The topological polar surface area (TPSA) is 58.9 Å². The van der Waals surface area contributed by atoms with Crippen molar-refractivity contribution in [3.05, 3.63) is 35.9 Å². The molecule has 22 heavy (non-hydrogen) atoms. The van der Waals surface area contributed by atoms with Crippen molar-refractivity contribution in [2.75, 3.05) is 24.5 Å². The number of hydrogen-bond donors (Lipinski definition) is 1. The normalized spacial score (nSPS) is 16.1. The van der Waals surface area contributed by atoms with Crippen LogP contribution in [0.5, 0.6) is 0 Å². The average Bonchev–Trinajstić information content (AvgIpc) is 2.98. The Morgan fingerprint density at radius 3 is 2.68 bits per heavy atom. The molecule has 1 aliphatic heterocycles. The zero-order valence-corrected chi connectivity index (χ0v) is 13.3. The van der Waals surface area contributed by atoms with E-state index in [1.807, 2.05) is 16.9 Å². The van der Waals surface area contributed by atoms with Gasteiger partial charge in [0.2, 0.25) is 5.95 Å². The molecule has 6 nitrogen and oxygen atoms in total. The van der Waals surface area contributed by atoms with Gasteiger partial charge in [-0.05, 0) is 31.9 Å². The van der Waals surface area contributed by atoms with Crippen LogP contribution < -0.4 is 10.2 Å². The summed E-state index contributed by atoms with van der Waals surface area (Å²) in [7, 11) is 0. The van der Waals surface area contributed by atoms with Gasteiger partial charge in [-0.1, -0.05) is 11.6 Å². The molecule has 0 unspecified atom stereocenters. The van der Waals surface area contributed by atoms with Crippen LogP contribution >= 0.6 is 11.6 Å². The third-order valence-electron chi connectivity index (χ3n) is 3.93. The molecule has 0 atom stereocenters. The Balaban J connectivity index is 1.34. The smallest absolute Gasteiger partial charge is 0.225 e. The molecule has 1 fully saturated rings. The second-order valence-corrected chi connectivity index (χ2v) is 5.98. The van der Waals surface area contributed by atoms with E-state index in [1.165, 1.54) is 0 Å². The molecule has 7 heteroatoms. The molecule has 3 heterocycles. The lowest BCUT2D eigenvalue weighted by atomic mass is 10.1. The van der Waals surface area contributed by atoms with Gasteiger partial charge in [0.05, 0.1) is 11.2 Å². The maximum atomic E-state index is 5.85. The van der Waals surface area contributed by atoms with Crippen molar-refractivity contribution in [2.24, 2.45) is 0 Å². The first-order valence-corrected chi connectivity index (χ1v) is 8.12. The van der Waals surface area contributed by atoms with Crippen LogP contribution in [-0.4, -0.2) is 45.4 Å². The lowest BCUT2D eigenvalue weighted by molar-refractivity contribution is 0.402. The Morgan fingerprint density at radius 1 is 1.23 bits per heavy atom. The lowest BCUT2D eigenvalue weighted by Gasteiger charge is -2.32. The molecular formula is C15H21ClN6. The maximum absolute atomic E-state index is 5.85. The van der Waals surface area contributed by atoms with Crippen molar-refractivity contribution in [2.45, 2.75) is 31.8 Å². The zero-order chi connectivity index (χ0) is 15.2. The van der Waals surface area contributed by atoms with E-state index in [9.17, 15) is 0 Å². The number of anilines is 1. The summed E-state index contributed by atoms with van der Waals surface area (Å²) in [5, 5.41) is 8.51. The molecule has 1 aliphatic rings. The number of nitrogens with one attached hydrogen (secondary N) is 1. The van der Waals surface area contributed by atoms with Gasteiger partial charge < -0.3 is 10.2 Å². The van der Waals surface area contributed by atoms with Crippen molar-refractivity contribution < 1.29 is 0 Å². The number of hydrogen-bond acceptors (Lipinski definition) is 5. The highest BCUT2D eigenvalue weighted by atomic mass is 35.5. The van der Waals surface area contributed by atoms with Gasteiger partial charge in [0.25, 0.3) is 0 Å². The predicted octanol–water partition coefficient (Wildman–Crippen LogP) is 1.98. The summed E-state index contributed by atoms with van der Waals surface area (Å²) < 4.78 is 1.89. The van der Waals surface area contributed by atoms with Gasteiger partial charge in [-0.3, -0.25) is 4.68 Å². The first-order valence-electron chi connectivity index (χ1n) is 7.74. The van der Waals surface area contributed by atoms with Crippen LogP contribution in [0.1, 0.15) is 19.3 Å². The quantitative estimate of drug-likeness (QED) is 0.825. The highest BCUT2D eigenvalue weighted by Crippen LogP contribution is 2.15. The fourth-order valence-electron chi connectivity index (χ4n) is 2.75. The van der Waals surface area contributed by atoms with Crippen LogP contribution in [-0.2, 0) is 6.54 Å². The van der Waals surface area contributed by atoms with Crippen LogP contribution in [0.4, 0.5) is 5.95 Å². The van der Waals surface area contributed by atoms with Crippen LogP contribution in [0.3, 0.4) is 0 Å². The van der Waals surface area contributed by atoms with E-state index < -0.39 is 0 Å². The van der Waals surface area contributed by atoms with E-state index in [2.05, 4.69) is 25.3 Å².